The quantitative estimate of drug-likeness (QED) is 0.516. The van der Waals surface area contributed by atoms with E-state index in [2.05, 4.69) is 32.6 Å². The Balaban J connectivity index is 1.76. The molecule has 1 aliphatic carbocycles. The van der Waals surface area contributed by atoms with Gasteiger partial charge in [-0.2, -0.15) is 12.6 Å². The van der Waals surface area contributed by atoms with Crippen molar-refractivity contribution in [3.63, 3.8) is 0 Å². The number of rotatable bonds is 4. The maximum Gasteiger partial charge on any atom is 0.181 e. The number of imidazole rings is 1. The highest BCUT2D eigenvalue weighted by atomic mass is 32.2. The predicted molar refractivity (Wildman–Crippen MR) is 81.8 cm³/mol. The molecule has 0 aromatic carbocycles. The Bertz CT molecular complexity index is 548. The van der Waals surface area contributed by atoms with Crippen LogP contribution in [0.3, 0.4) is 0 Å². The van der Waals surface area contributed by atoms with E-state index >= 15 is 0 Å². The molecule has 1 N–H and O–H groups in total. The lowest BCUT2D eigenvalue weighted by Gasteiger charge is -2.35. The standard InChI is InChI=1S/C13H18N4S2/c18-6-13(4-2-1-3-5-13)7-19-12-10-11(15-8-14-10)16-9-17-12/h8-9,18H,1-7H2,(H,14,15,16,17). The van der Waals surface area contributed by atoms with Gasteiger partial charge in [-0.05, 0) is 24.0 Å². The van der Waals surface area contributed by atoms with E-state index < -0.39 is 0 Å². The molecule has 102 valence electrons. The molecule has 0 atom stereocenters. The zero-order chi connectivity index (χ0) is 13.1. The number of thiol groups is 1. The minimum Gasteiger partial charge on any atom is -0.341 e. The second-order valence-electron chi connectivity index (χ2n) is 5.29. The van der Waals surface area contributed by atoms with E-state index in [1.807, 2.05) is 11.8 Å². The van der Waals surface area contributed by atoms with Crippen LogP contribution in [-0.4, -0.2) is 31.4 Å². The molecule has 1 aliphatic rings. The first-order chi connectivity index (χ1) is 9.33. The summed E-state index contributed by atoms with van der Waals surface area (Å²) in [7, 11) is 0. The van der Waals surface area contributed by atoms with Crippen LogP contribution in [0.2, 0.25) is 0 Å². The highest BCUT2D eigenvalue weighted by Crippen LogP contribution is 2.41. The molecule has 3 rings (SSSR count). The van der Waals surface area contributed by atoms with Crippen LogP contribution >= 0.6 is 24.4 Å². The number of nitrogens with zero attached hydrogens (tertiary/aromatic N) is 3. The molecule has 0 unspecified atom stereocenters. The van der Waals surface area contributed by atoms with Crippen molar-refractivity contribution in [2.24, 2.45) is 5.41 Å². The van der Waals surface area contributed by atoms with Crippen molar-refractivity contribution in [2.75, 3.05) is 11.5 Å². The molecule has 19 heavy (non-hydrogen) atoms. The average molecular weight is 294 g/mol. The van der Waals surface area contributed by atoms with E-state index in [4.69, 9.17) is 0 Å². The third-order valence-electron chi connectivity index (χ3n) is 3.95. The second kappa shape index (κ2) is 5.71. The number of thioether (sulfide) groups is 1. The fourth-order valence-corrected chi connectivity index (χ4v) is 4.55. The van der Waals surface area contributed by atoms with E-state index in [1.54, 1.807) is 12.7 Å². The number of hydrogen-bond donors (Lipinski definition) is 2. The summed E-state index contributed by atoms with van der Waals surface area (Å²) >= 11 is 6.40. The van der Waals surface area contributed by atoms with Gasteiger partial charge >= 0.3 is 0 Å². The van der Waals surface area contributed by atoms with Gasteiger partial charge in [0.15, 0.2) is 5.65 Å². The molecule has 0 saturated heterocycles. The third kappa shape index (κ3) is 2.74. The fourth-order valence-electron chi connectivity index (χ4n) is 2.72. The predicted octanol–water partition coefficient (Wildman–Crippen LogP) is 3.33. The van der Waals surface area contributed by atoms with Crippen LogP contribution in [-0.2, 0) is 0 Å². The molecule has 0 spiro atoms. The first-order valence-corrected chi connectivity index (χ1v) is 8.33. The topological polar surface area (TPSA) is 54.5 Å². The summed E-state index contributed by atoms with van der Waals surface area (Å²) in [5.41, 5.74) is 2.09. The maximum absolute atomic E-state index is 4.59. The number of fused-ring (bicyclic) bond motifs is 1. The van der Waals surface area contributed by atoms with Crippen LogP contribution in [0.1, 0.15) is 32.1 Å². The first kappa shape index (κ1) is 13.2. The molecule has 2 aromatic heterocycles. The number of aromatic nitrogens is 4. The molecule has 2 aromatic rings. The van der Waals surface area contributed by atoms with Crippen molar-refractivity contribution in [1.82, 2.24) is 19.9 Å². The lowest BCUT2D eigenvalue weighted by Crippen LogP contribution is -2.28. The van der Waals surface area contributed by atoms with Crippen LogP contribution in [0.5, 0.6) is 0 Å². The molecule has 4 nitrogen and oxygen atoms in total. The van der Waals surface area contributed by atoms with Crippen LogP contribution in [0, 0.1) is 5.41 Å². The lowest BCUT2D eigenvalue weighted by atomic mass is 9.77. The Morgan fingerprint density at radius 1 is 1.21 bits per heavy atom. The van der Waals surface area contributed by atoms with Gasteiger partial charge in [0, 0.05) is 5.75 Å². The SMILES string of the molecule is SCC1(CSc2ncnc3nc[nH]c23)CCCCC1. The van der Waals surface area contributed by atoms with Gasteiger partial charge in [-0.25, -0.2) is 15.0 Å². The minimum absolute atomic E-state index is 0.378. The van der Waals surface area contributed by atoms with Crippen LogP contribution in [0.15, 0.2) is 17.7 Å². The molecule has 0 radical (unpaired) electrons. The zero-order valence-electron chi connectivity index (χ0n) is 10.8. The summed E-state index contributed by atoms with van der Waals surface area (Å²) in [5.74, 6) is 2.05. The molecule has 0 bridgehead atoms. The summed E-state index contributed by atoms with van der Waals surface area (Å²) < 4.78 is 0. The molecule has 6 heteroatoms. The largest absolute Gasteiger partial charge is 0.341 e. The Kier molecular flexibility index (Phi) is 3.98. The number of hydrogen-bond acceptors (Lipinski definition) is 5. The van der Waals surface area contributed by atoms with Gasteiger partial charge in [0.1, 0.15) is 16.9 Å². The normalized spacial score (nSPS) is 18.8. The summed E-state index contributed by atoms with van der Waals surface area (Å²) in [4.78, 5) is 15.8. The zero-order valence-corrected chi connectivity index (χ0v) is 12.5. The van der Waals surface area contributed by atoms with Crippen molar-refractivity contribution in [3.05, 3.63) is 12.7 Å². The van der Waals surface area contributed by atoms with E-state index in [1.165, 1.54) is 32.1 Å². The smallest absolute Gasteiger partial charge is 0.181 e. The summed E-state index contributed by atoms with van der Waals surface area (Å²) in [5, 5.41) is 1.01. The van der Waals surface area contributed by atoms with Crippen molar-refractivity contribution in [2.45, 2.75) is 37.1 Å². The van der Waals surface area contributed by atoms with Crippen LogP contribution in [0.4, 0.5) is 0 Å². The van der Waals surface area contributed by atoms with E-state index in [0.717, 1.165) is 27.7 Å². The summed E-state index contributed by atoms with van der Waals surface area (Å²) in [6.45, 7) is 0. The van der Waals surface area contributed by atoms with Crippen LogP contribution < -0.4 is 0 Å². The third-order valence-corrected chi connectivity index (χ3v) is 5.96. The summed E-state index contributed by atoms with van der Waals surface area (Å²) in [6, 6.07) is 0. The molecular formula is C13H18N4S2. The highest BCUT2D eigenvalue weighted by Gasteiger charge is 2.31. The van der Waals surface area contributed by atoms with E-state index in [9.17, 15) is 0 Å². The van der Waals surface area contributed by atoms with Gasteiger partial charge in [-0.15, -0.1) is 11.8 Å². The van der Waals surface area contributed by atoms with Gasteiger partial charge in [0.05, 0.1) is 6.33 Å². The minimum atomic E-state index is 0.378. The fraction of sp³-hybridized carbons (Fsp3) is 0.615. The lowest BCUT2D eigenvalue weighted by molar-refractivity contribution is 0.259. The molecule has 2 heterocycles. The molecule has 1 fully saturated rings. The molecule has 1 saturated carbocycles. The molecular weight excluding hydrogens is 276 g/mol. The Hall–Kier alpha value is -0.750. The Labute approximate surface area is 122 Å². The number of H-pyrrole nitrogens is 1. The first-order valence-electron chi connectivity index (χ1n) is 6.71. The van der Waals surface area contributed by atoms with Crippen molar-refractivity contribution >= 4 is 35.6 Å². The average Bonchev–Trinajstić information content (AvgIpc) is 2.95. The maximum atomic E-state index is 4.59. The number of nitrogens with one attached hydrogen (secondary N) is 1. The van der Waals surface area contributed by atoms with Gasteiger partial charge < -0.3 is 4.98 Å². The van der Waals surface area contributed by atoms with Gasteiger partial charge in [0.2, 0.25) is 0 Å². The Morgan fingerprint density at radius 2 is 2.05 bits per heavy atom. The van der Waals surface area contributed by atoms with Crippen molar-refractivity contribution in [1.29, 1.82) is 0 Å². The molecule has 0 aliphatic heterocycles. The van der Waals surface area contributed by atoms with Gasteiger partial charge in [-0.1, -0.05) is 19.3 Å². The number of aromatic amines is 1. The van der Waals surface area contributed by atoms with Gasteiger partial charge in [-0.3, -0.25) is 0 Å². The highest BCUT2D eigenvalue weighted by molar-refractivity contribution is 7.99. The van der Waals surface area contributed by atoms with Crippen LogP contribution in [0.25, 0.3) is 11.2 Å². The van der Waals surface area contributed by atoms with E-state index in [0.29, 0.717) is 5.41 Å². The van der Waals surface area contributed by atoms with Gasteiger partial charge in [0.25, 0.3) is 0 Å². The second-order valence-corrected chi connectivity index (χ2v) is 6.57. The summed E-state index contributed by atoms with van der Waals surface area (Å²) in [6.07, 6.45) is 9.91. The van der Waals surface area contributed by atoms with Crippen molar-refractivity contribution < 1.29 is 0 Å². The monoisotopic (exact) mass is 294 g/mol. The Morgan fingerprint density at radius 3 is 2.84 bits per heavy atom. The van der Waals surface area contributed by atoms with Crippen molar-refractivity contribution in [3.8, 4) is 0 Å². The molecule has 0 amide bonds. The van der Waals surface area contributed by atoms with E-state index in [-0.39, 0.29) is 0 Å².